The van der Waals surface area contributed by atoms with Gasteiger partial charge in [-0.2, -0.15) is 0 Å². The number of nitrogens with one attached hydrogen (secondary N) is 1. The molecule has 0 saturated carbocycles. The highest BCUT2D eigenvalue weighted by Gasteiger charge is 2.23. The lowest BCUT2D eigenvalue weighted by Crippen LogP contribution is -2.16. The first-order valence-corrected chi connectivity index (χ1v) is 14.1. The third-order valence-electron chi connectivity index (χ3n) is 6.94. The molecule has 0 aliphatic carbocycles. The average molecular weight is 525 g/mol. The Hall–Kier alpha value is -3.87. The lowest BCUT2D eigenvalue weighted by atomic mass is 10.1. The van der Waals surface area contributed by atoms with E-state index in [1.807, 2.05) is 80.6 Å². The highest BCUT2D eigenvalue weighted by molar-refractivity contribution is 7.90. The standard InChI is InChI=1S/C32H32N2O3S/c1-22-12-15-29(16-13-22)38(35,36)34-28(19-27-18-23(2)14-17-32(27)34)21-37-20-26-9-5-6-10-31(26)33-30-11-7-8-24(3)25(30)4/h5-19,33H,20-21H2,1-4H3. The summed E-state index contributed by atoms with van der Waals surface area (Å²) >= 11 is 0. The Balaban J connectivity index is 1.44. The van der Waals surface area contributed by atoms with Gasteiger partial charge in [-0.25, -0.2) is 12.4 Å². The summed E-state index contributed by atoms with van der Waals surface area (Å²) in [6.45, 7) is 8.63. The Bertz CT molecular complexity index is 1720. The number of hydrogen-bond donors (Lipinski definition) is 1. The normalized spacial score (nSPS) is 11.7. The number of benzene rings is 4. The Kier molecular flexibility index (Phi) is 7.11. The fourth-order valence-corrected chi connectivity index (χ4v) is 6.16. The second-order valence-electron chi connectivity index (χ2n) is 9.80. The number of ether oxygens (including phenoxy) is 1. The van der Waals surface area contributed by atoms with Gasteiger partial charge in [0.25, 0.3) is 10.0 Å². The van der Waals surface area contributed by atoms with E-state index < -0.39 is 10.0 Å². The number of rotatable bonds is 8. The topological polar surface area (TPSA) is 60.3 Å². The van der Waals surface area contributed by atoms with Crippen molar-refractivity contribution in [2.75, 3.05) is 5.32 Å². The van der Waals surface area contributed by atoms with E-state index in [4.69, 9.17) is 4.74 Å². The van der Waals surface area contributed by atoms with Crippen molar-refractivity contribution in [3.8, 4) is 0 Å². The molecule has 0 atom stereocenters. The monoisotopic (exact) mass is 524 g/mol. The van der Waals surface area contributed by atoms with Crippen LogP contribution in [0.1, 0.15) is 33.5 Å². The van der Waals surface area contributed by atoms with Crippen LogP contribution in [0, 0.1) is 27.7 Å². The van der Waals surface area contributed by atoms with Crippen LogP contribution in [0.2, 0.25) is 0 Å². The molecule has 0 bridgehead atoms. The third-order valence-corrected chi connectivity index (χ3v) is 8.72. The average Bonchev–Trinajstić information content (AvgIpc) is 3.26. The minimum atomic E-state index is -3.81. The van der Waals surface area contributed by atoms with Crippen LogP contribution >= 0.6 is 0 Å². The van der Waals surface area contributed by atoms with Gasteiger partial charge in [-0.15, -0.1) is 0 Å². The maximum Gasteiger partial charge on any atom is 0.268 e. The lowest BCUT2D eigenvalue weighted by Gasteiger charge is -2.16. The molecule has 194 valence electrons. The van der Waals surface area contributed by atoms with Gasteiger partial charge in [0.2, 0.25) is 0 Å². The van der Waals surface area contributed by atoms with E-state index in [2.05, 4.69) is 31.3 Å². The highest BCUT2D eigenvalue weighted by Crippen LogP contribution is 2.29. The molecule has 0 spiro atoms. The lowest BCUT2D eigenvalue weighted by molar-refractivity contribution is 0.105. The summed E-state index contributed by atoms with van der Waals surface area (Å²) in [6, 6.07) is 28.9. The van der Waals surface area contributed by atoms with Gasteiger partial charge in [-0.1, -0.05) is 59.7 Å². The van der Waals surface area contributed by atoms with Gasteiger partial charge in [0.15, 0.2) is 0 Å². The predicted octanol–water partition coefficient (Wildman–Crippen LogP) is 7.57. The Morgan fingerprint density at radius 3 is 2.24 bits per heavy atom. The fourth-order valence-electron chi connectivity index (χ4n) is 4.63. The van der Waals surface area contributed by atoms with Gasteiger partial charge < -0.3 is 10.1 Å². The van der Waals surface area contributed by atoms with Crippen LogP contribution < -0.4 is 5.32 Å². The quantitative estimate of drug-likeness (QED) is 0.227. The molecule has 5 rings (SSSR count). The summed E-state index contributed by atoms with van der Waals surface area (Å²) in [5.41, 5.74) is 8.74. The molecule has 5 aromatic rings. The van der Waals surface area contributed by atoms with Crippen molar-refractivity contribution in [1.29, 1.82) is 0 Å². The van der Waals surface area contributed by atoms with Gasteiger partial charge in [-0.3, -0.25) is 0 Å². The van der Waals surface area contributed by atoms with Crippen LogP contribution in [-0.2, 0) is 28.0 Å². The number of fused-ring (bicyclic) bond motifs is 1. The van der Waals surface area contributed by atoms with Crippen LogP contribution in [0.15, 0.2) is 95.9 Å². The van der Waals surface area contributed by atoms with E-state index in [9.17, 15) is 8.42 Å². The molecular formula is C32H32N2O3S. The largest absolute Gasteiger partial charge is 0.370 e. The van der Waals surface area contributed by atoms with Crippen LogP contribution in [0.5, 0.6) is 0 Å². The molecule has 0 unspecified atom stereocenters. The molecule has 1 aromatic heterocycles. The number of para-hydroxylation sites is 1. The number of hydrogen-bond acceptors (Lipinski definition) is 4. The zero-order valence-corrected chi connectivity index (χ0v) is 23.0. The van der Waals surface area contributed by atoms with Gasteiger partial charge in [-0.05, 0) is 81.3 Å². The summed E-state index contributed by atoms with van der Waals surface area (Å²) in [7, 11) is -3.81. The number of anilines is 2. The minimum Gasteiger partial charge on any atom is -0.370 e. The summed E-state index contributed by atoms with van der Waals surface area (Å²) in [5, 5.41) is 4.41. The first-order valence-electron chi connectivity index (χ1n) is 12.7. The molecule has 38 heavy (non-hydrogen) atoms. The fraction of sp³-hybridized carbons (Fsp3) is 0.188. The molecule has 5 nitrogen and oxygen atoms in total. The molecule has 4 aromatic carbocycles. The van der Waals surface area contributed by atoms with E-state index in [1.54, 1.807) is 12.1 Å². The highest BCUT2D eigenvalue weighted by atomic mass is 32.2. The van der Waals surface area contributed by atoms with Crippen molar-refractivity contribution in [2.24, 2.45) is 0 Å². The molecule has 0 radical (unpaired) electrons. The van der Waals surface area contributed by atoms with Crippen molar-refractivity contribution in [3.05, 3.63) is 125 Å². The predicted molar refractivity (Wildman–Crippen MR) is 155 cm³/mol. The third kappa shape index (κ3) is 5.10. The number of nitrogens with zero attached hydrogens (tertiary/aromatic N) is 1. The van der Waals surface area contributed by atoms with Gasteiger partial charge in [0.1, 0.15) is 0 Å². The minimum absolute atomic E-state index is 0.149. The Labute approximate surface area is 224 Å². The van der Waals surface area contributed by atoms with E-state index in [1.165, 1.54) is 15.1 Å². The van der Waals surface area contributed by atoms with Crippen molar-refractivity contribution in [3.63, 3.8) is 0 Å². The maximum absolute atomic E-state index is 13.8. The first-order chi connectivity index (χ1) is 18.2. The maximum atomic E-state index is 13.8. The van der Waals surface area contributed by atoms with Crippen LogP contribution in [0.3, 0.4) is 0 Å². The van der Waals surface area contributed by atoms with Crippen molar-refractivity contribution < 1.29 is 13.2 Å². The van der Waals surface area contributed by atoms with Gasteiger partial charge >= 0.3 is 0 Å². The molecule has 0 aliphatic heterocycles. The second kappa shape index (κ2) is 10.5. The van der Waals surface area contributed by atoms with Crippen molar-refractivity contribution in [2.45, 2.75) is 45.8 Å². The summed E-state index contributed by atoms with van der Waals surface area (Å²) in [6.07, 6.45) is 0. The summed E-state index contributed by atoms with van der Waals surface area (Å²) in [4.78, 5) is 0.255. The zero-order valence-electron chi connectivity index (χ0n) is 22.2. The van der Waals surface area contributed by atoms with Crippen molar-refractivity contribution in [1.82, 2.24) is 3.97 Å². The first kappa shape index (κ1) is 25.8. The molecular weight excluding hydrogens is 492 g/mol. The Morgan fingerprint density at radius 1 is 0.737 bits per heavy atom. The molecule has 6 heteroatoms. The summed E-state index contributed by atoms with van der Waals surface area (Å²) in [5.74, 6) is 0. The molecule has 0 amide bonds. The van der Waals surface area contributed by atoms with Crippen molar-refractivity contribution >= 4 is 32.3 Å². The number of aromatic nitrogens is 1. The van der Waals surface area contributed by atoms with E-state index in [-0.39, 0.29) is 11.5 Å². The Morgan fingerprint density at radius 2 is 1.45 bits per heavy atom. The van der Waals surface area contributed by atoms with Crippen LogP contribution in [-0.4, -0.2) is 12.4 Å². The van der Waals surface area contributed by atoms with Gasteiger partial charge in [0, 0.05) is 22.3 Å². The molecule has 0 fully saturated rings. The molecule has 1 N–H and O–H groups in total. The molecule has 1 heterocycles. The second-order valence-corrected chi connectivity index (χ2v) is 11.6. The molecule has 0 saturated heterocycles. The van der Waals surface area contributed by atoms with Crippen LogP contribution in [0.4, 0.5) is 11.4 Å². The van der Waals surface area contributed by atoms with E-state index in [0.29, 0.717) is 17.8 Å². The molecule has 0 aliphatic rings. The van der Waals surface area contributed by atoms with E-state index in [0.717, 1.165) is 33.5 Å². The SMILES string of the molecule is Cc1ccc(S(=O)(=O)n2c(COCc3ccccc3Nc3cccc(C)c3C)cc3cc(C)ccc32)cc1. The van der Waals surface area contributed by atoms with E-state index >= 15 is 0 Å². The number of aryl methyl sites for hydroxylation is 3. The van der Waals surface area contributed by atoms with Gasteiger partial charge in [0.05, 0.1) is 29.3 Å². The van der Waals surface area contributed by atoms with Crippen LogP contribution in [0.25, 0.3) is 10.9 Å². The smallest absolute Gasteiger partial charge is 0.268 e. The zero-order chi connectivity index (χ0) is 26.9. The summed E-state index contributed by atoms with van der Waals surface area (Å²) < 4.78 is 35.1.